The van der Waals surface area contributed by atoms with E-state index in [1.165, 1.54) is 20.0 Å². The molecule has 2 N–H and O–H groups in total. The molecule has 0 spiro atoms. The Kier molecular flexibility index (Phi) is 5.96. The summed E-state index contributed by atoms with van der Waals surface area (Å²) in [5, 5.41) is 20.3. The van der Waals surface area contributed by atoms with Gasteiger partial charge in [0, 0.05) is 23.5 Å². The predicted molar refractivity (Wildman–Crippen MR) is 102 cm³/mol. The Labute approximate surface area is 178 Å². The Balaban J connectivity index is 2.07. The molecule has 2 aromatic rings. The fourth-order valence-electron chi connectivity index (χ4n) is 3.26. The molecule has 0 bridgehead atoms. The maximum atomic E-state index is 13.7. The molecule has 2 heterocycles. The first-order valence-corrected chi connectivity index (χ1v) is 9.18. The summed E-state index contributed by atoms with van der Waals surface area (Å²) in [5.41, 5.74) is -1.27. The van der Waals surface area contributed by atoms with Gasteiger partial charge in [0.05, 0.1) is 5.56 Å². The fourth-order valence-corrected chi connectivity index (χ4v) is 3.48. The van der Waals surface area contributed by atoms with E-state index in [2.05, 4.69) is 4.98 Å². The topological polar surface area (TPSA) is 94.0 Å². The molecule has 12 heteroatoms. The number of halogens is 5. The first-order chi connectivity index (χ1) is 14.3. The second-order valence-electron chi connectivity index (χ2n) is 6.97. The number of aliphatic hydroxyl groups is 2. The van der Waals surface area contributed by atoms with Crippen LogP contribution in [-0.2, 0) is 15.8 Å². The van der Waals surface area contributed by atoms with Gasteiger partial charge < -0.3 is 15.1 Å². The zero-order valence-electron chi connectivity index (χ0n) is 16.1. The molecular formula is C19H16ClF4N3O4. The highest BCUT2D eigenvalue weighted by Crippen LogP contribution is 2.35. The highest BCUT2D eigenvalue weighted by molar-refractivity contribution is 6.31. The van der Waals surface area contributed by atoms with Crippen LogP contribution in [0.3, 0.4) is 0 Å². The number of amides is 2. The van der Waals surface area contributed by atoms with E-state index in [1.807, 2.05) is 0 Å². The number of rotatable bonds is 3. The number of likely N-dealkylation sites (N-methyl/N-ethyl adjacent to an activating group) is 1. The molecule has 1 aromatic carbocycles. The lowest BCUT2D eigenvalue weighted by Gasteiger charge is -2.29. The van der Waals surface area contributed by atoms with Crippen LogP contribution in [-0.4, -0.2) is 52.3 Å². The van der Waals surface area contributed by atoms with E-state index in [0.29, 0.717) is 11.0 Å². The summed E-state index contributed by atoms with van der Waals surface area (Å²) in [4.78, 5) is 30.8. The Hall–Kier alpha value is -2.76. The SMILES string of the molecule is Cc1cc(C(F)(F)F)cc(N2C(=O)[C@@H](O)[C@@H](O)[C@H]2C(=O)N(C)c2cc(F)cc(Cl)c2)n1. The van der Waals surface area contributed by atoms with E-state index in [4.69, 9.17) is 11.6 Å². The van der Waals surface area contributed by atoms with Crippen LogP contribution in [0.5, 0.6) is 0 Å². The summed E-state index contributed by atoms with van der Waals surface area (Å²) in [5.74, 6) is -3.55. The molecule has 0 saturated carbocycles. The Bertz CT molecular complexity index is 1030. The average molecular weight is 462 g/mol. The van der Waals surface area contributed by atoms with Crippen molar-refractivity contribution in [2.45, 2.75) is 31.3 Å². The number of aryl methyl sites for hydroxylation is 1. The normalized spacial score (nSPS) is 21.5. The van der Waals surface area contributed by atoms with Crippen molar-refractivity contribution in [3.8, 4) is 0 Å². The number of anilines is 2. The third-order valence-corrected chi connectivity index (χ3v) is 4.97. The molecule has 166 valence electrons. The number of carbonyl (C=O) groups excluding carboxylic acids is 2. The van der Waals surface area contributed by atoms with Gasteiger partial charge >= 0.3 is 6.18 Å². The second-order valence-corrected chi connectivity index (χ2v) is 7.40. The van der Waals surface area contributed by atoms with E-state index < -0.39 is 53.4 Å². The van der Waals surface area contributed by atoms with Gasteiger partial charge in [-0.3, -0.25) is 14.5 Å². The van der Waals surface area contributed by atoms with Crippen LogP contribution >= 0.6 is 11.6 Å². The molecule has 1 aliphatic rings. The number of hydrogen-bond acceptors (Lipinski definition) is 5. The van der Waals surface area contributed by atoms with Crippen LogP contribution in [0, 0.1) is 12.7 Å². The largest absolute Gasteiger partial charge is 0.416 e. The van der Waals surface area contributed by atoms with Gasteiger partial charge in [0.25, 0.3) is 11.8 Å². The Morgan fingerprint density at radius 2 is 1.84 bits per heavy atom. The molecule has 0 radical (unpaired) electrons. The number of benzene rings is 1. The van der Waals surface area contributed by atoms with Gasteiger partial charge in [0.1, 0.15) is 23.8 Å². The number of pyridine rings is 1. The Morgan fingerprint density at radius 1 is 1.19 bits per heavy atom. The van der Waals surface area contributed by atoms with Crippen molar-refractivity contribution in [2.24, 2.45) is 0 Å². The maximum Gasteiger partial charge on any atom is 0.416 e. The Morgan fingerprint density at radius 3 is 2.42 bits per heavy atom. The molecule has 1 saturated heterocycles. The predicted octanol–water partition coefficient (Wildman–Crippen LogP) is 2.30. The lowest BCUT2D eigenvalue weighted by molar-refractivity contribution is -0.137. The minimum absolute atomic E-state index is 0.0373. The molecule has 0 unspecified atom stereocenters. The molecule has 1 aromatic heterocycles. The van der Waals surface area contributed by atoms with Crippen molar-refractivity contribution in [3.05, 3.63) is 52.4 Å². The fraction of sp³-hybridized carbons (Fsp3) is 0.316. The van der Waals surface area contributed by atoms with Gasteiger partial charge in [0.15, 0.2) is 6.10 Å². The van der Waals surface area contributed by atoms with E-state index in [-0.39, 0.29) is 16.4 Å². The van der Waals surface area contributed by atoms with E-state index in [0.717, 1.165) is 23.1 Å². The molecule has 3 atom stereocenters. The van der Waals surface area contributed by atoms with Crippen molar-refractivity contribution < 1.29 is 37.4 Å². The van der Waals surface area contributed by atoms with Gasteiger partial charge in [-0.1, -0.05) is 11.6 Å². The van der Waals surface area contributed by atoms with Crippen molar-refractivity contribution in [2.75, 3.05) is 16.8 Å². The standard InChI is InChI=1S/C19H16ClF4N3O4/c1-8-3-9(19(22,23)24)4-13(25-8)27-14(15(28)16(29)18(27)31)17(30)26(2)12-6-10(20)5-11(21)7-12/h3-7,14-16,28-29H,1-2H3/t14-,15-,16-/m0/s1. The van der Waals surface area contributed by atoms with Gasteiger partial charge in [-0.2, -0.15) is 13.2 Å². The monoisotopic (exact) mass is 461 g/mol. The molecule has 1 fully saturated rings. The lowest BCUT2D eigenvalue weighted by Crippen LogP contribution is -2.50. The van der Waals surface area contributed by atoms with Crippen LogP contribution in [0.1, 0.15) is 11.3 Å². The molecular weight excluding hydrogens is 446 g/mol. The maximum absolute atomic E-state index is 13.7. The summed E-state index contributed by atoms with van der Waals surface area (Å²) in [7, 11) is 1.19. The first-order valence-electron chi connectivity index (χ1n) is 8.80. The molecule has 0 aliphatic carbocycles. The molecule has 31 heavy (non-hydrogen) atoms. The van der Waals surface area contributed by atoms with Crippen LogP contribution in [0.15, 0.2) is 30.3 Å². The zero-order chi connectivity index (χ0) is 23.2. The van der Waals surface area contributed by atoms with Crippen LogP contribution in [0.2, 0.25) is 5.02 Å². The minimum Gasteiger partial charge on any atom is -0.387 e. The minimum atomic E-state index is -4.77. The molecule has 3 rings (SSSR count). The summed E-state index contributed by atoms with van der Waals surface area (Å²) < 4.78 is 53.3. The average Bonchev–Trinajstić information content (AvgIpc) is 2.89. The lowest BCUT2D eigenvalue weighted by atomic mass is 10.1. The summed E-state index contributed by atoms with van der Waals surface area (Å²) in [6.07, 6.45) is -8.81. The van der Waals surface area contributed by atoms with Gasteiger partial charge in [-0.05, 0) is 37.3 Å². The summed E-state index contributed by atoms with van der Waals surface area (Å²) in [6, 6.07) is 2.65. The van der Waals surface area contributed by atoms with Crippen molar-refractivity contribution in [1.29, 1.82) is 0 Å². The number of aliphatic hydroxyl groups excluding tert-OH is 2. The summed E-state index contributed by atoms with van der Waals surface area (Å²) >= 11 is 5.79. The second kappa shape index (κ2) is 8.06. The number of alkyl halides is 3. The third-order valence-electron chi connectivity index (χ3n) is 4.75. The quantitative estimate of drug-likeness (QED) is 0.684. The first kappa shape index (κ1) is 22.9. The highest BCUT2D eigenvalue weighted by Gasteiger charge is 2.52. The van der Waals surface area contributed by atoms with Crippen LogP contribution < -0.4 is 9.80 Å². The van der Waals surface area contributed by atoms with Gasteiger partial charge in [0.2, 0.25) is 0 Å². The smallest absolute Gasteiger partial charge is 0.387 e. The van der Waals surface area contributed by atoms with Gasteiger partial charge in [-0.25, -0.2) is 9.37 Å². The summed E-state index contributed by atoms with van der Waals surface area (Å²) in [6.45, 7) is 1.25. The van der Waals surface area contributed by atoms with E-state index in [1.54, 1.807) is 0 Å². The molecule has 2 amide bonds. The van der Waals surface area contributed by atoms with Crippen molar-refractivity contribution in [1.82, 2.24) is 4.98 Å². The number of aromatic nitrogens is 1. The van der Waals surface area contributed by atoms with Crippen LogP contribution in [0.25, 0.3) is 0 Å². The van der Waals surface area contributed by atoms with Crippen LogP contribution in [0.4, 0.5) is 29.1 Å². The van der Waals surface area contributed by atoms with Gasteiger partial charge in [-0.15, -0.1) is 0 Å². The number of carbonyl (C=O) groups is 2. The van der Waals surface area contributed by atoms with Crippen molar-refractivity contribution >= 4 is 34.9 Å². The third kappa shape index (κ3) is 4.34. The zero-order valence-corrected chi connectivity index (χ0v) is 16.8. The number of hydrogen-bond donors (Lipinski definition) is 2. The van der Waals surface area contributed by atoms with E-state index >= 15 is 0 Å². The highest BCUT2D eigenvalue weighted by atomic mass is 35.5. The molecule has 7 nitrogen and oxygen atoms in total. The number of nitrogens with zero attached hydrogens (tertiary/aromatic N) is 3. The van der Waals surface area contributed by atoms with Crippen molar-refractivity contribution in [3.63, 3.8) is 0 Å². The molecule has 1 aliphatic heterocycles. The van der Waals surface area contributed by atoms with E-state index in [9.17, 15) is 37.4 Å².